The van der Waals surface area contributed by atoms with Gasteiger partial charge in [0, 0.05) is 36.8 Å². The van der Waals surface area contributed by atoms with Crippen molar-refractivity contribution < 1.29 is 9.18 Å². The number of carbonyl (C=O) groups is 1. The van der Waals surface area contributed by atoms with E-state index >= 15 is 0 Å². The second kappa shape index (κ2) is 7.17. The van der Waals surface area contributed by atoms with E-state index in [1.165, 1.54) is 11.0 Å². The molecule has 2 rings (SSSR count). The van der Waals surface area contributed by atoms with Crippen LogP contribution in [-0.4, -0.2) is 27.8 Å². The molecule has 1 aromatic carbocycles. The van der Waals surface area contributed by atoms with E-state index in [9.17, 15) is 14.0 Å². The normalized spacial score (nSPS) is 10.6. The summed E-state index contributed by atoms with van der Waals surface area (Å²) < 4.78 is 13.6. The number of carbonyl (C=O) groups excluding carboxylic acids is 1. The number of nitrogens with one attached hydrogen (secondary N) is 1. The number of nitrogens with zero attached hydrogens (tertiary/aromatic N) is 2. The molecule has 0 atom stereocenters. The summed E-state index contributed by atoms with van der Waals surface area (Å²) in [6.45, 7) is 3.67. The van der Waals surface area contributed by atoms with E-state index in [2.05, 4.69) is 9.97 Å². The average Bonchev–Trinajstić information content (AvgIpc) is 2.48. The van der Waals surface area contributed by atoms with E-state index in [4.69, 9.17) is 0 Å². The first-order valence-corrected chi connectivity index (χ1v) is 7.42. The van der Waals surface area contributed by atoms with Crippen molar-refractivity contribution in [2.45, 2.75) is 33.2 Å². The van der Waals surface area contributed by atoms with Gasteiger partial charge in [-0.25, -0.2) is 9.37 Å². The van der Waals surface area contributed by atoms with Crippen LogP contribution in [-0.2, 0) is 17.8 Å². The topological polar surface area (TPSA) is 66.1 Å². The number of hydrogen-bond acceptors (Lipinski definition) is 3. The molecular formula is C17H20FN3O2. The Balaban J connectivity index is 2.00. The second-order valence-electron chi connectivity index (χ2n) is 5.56. The highest BCUT2D eigenvalue weighted by Gasteiger charge is 2.14. The van der Waals surface area contributed by atoms with Crippen molar-refractivity contribution in [3.8, 4) is 0 Å². The van der Waals surface area contributed by atoms with Crippen LogP contribution in [0.2, 0.25) is 0 Å². The first-order chi connectivity index (χ1) is 10.9. The third kappa shape index (κ3) is 4.25. The Morgan fingerprint density at radius 3 is 2.65 bits per heavy atom. The predicted molar refractivity (Wildman–Crippen MR) is 85.5 cm³/mol. The maximum absolute atomic E-state index is 13.6. The van der Waals surface area contributed by atoms with Crippen LogP contribution < -0.4 is 5.56 Å². The fourth-order valence-corrected chi connectivity index (χ4v) is 2.44. The number of aromatic amines is 1. The standard InChI is InChI=1S/C17H20FN3O2/c1-11-14(17(23)20-12(2)19-11)8-9-16(22)21(3)10-13-6-4-5-7-15(13)18/h4-7H,8-10H2,1-3H3,(H,19,20,23). The maximum atomic E-state index is 13.6. The third-order valence-electron chi connectivity index (χ3n) is 3.72. The van der Waals surface area contributed by atoms with Crippen molar-refractivity contribution >= 4 is 5.91 Å². The molecule has 122 valence electrons. The van der Waals surface area contributed by atoms with Crippen LogP contribution in [0, 0.1) is 19.7 Å². The minimum Gasteiger partial charge on any atom is -0.341 e. The molecule has 0 bridgehead atoms. The lowest BCUT2D eigenvalue weighted by Crippen LogP contribution is -2.28. The lowest BCUT2D eigenvalue weighted by Gasteiger charge is -2.17. The molecule has 1 aromatic heterocycles. The number of rotatable bonds is 5. The summed E-state index contributed by atoms with van der Waals surface area (Å²) in [6, 6.07) is 6.37. The Morgan fingerprint density at radius 1 is 1.30 bits per heavy atom. The Bertz CT molecular complexity index is 771. The second-order valence-corrected chi connectivity index (χ2v) is 5.56. The fourth-order valence-electron chi connectivity index (χ4n) is 2.44. The van der Waals surface area contributed by atoms with E-state index < -0.39 is 0 Å². The van der Waals surface area contributed by atoms with Crippen LogP contribution in [0.5, 0.6) is 0 Å². The van der Waals surface area contributed by atoms with Crippen molar-refractivity contribution in [1.29, 1.82) is 0 Å². The molecule has 2 aromatic rings. The Kier molecular flexibility index (Phi) is 5.26. The zero-order chi connectivity index (χ0) is 17.0. The zero-order valence-electron chi connectivity index (χ0n) is 13.5. The molecular weight excluding hydrogens is 297 g/mol. The summed E-state index contributed by atoms with van der Waals surface area (Å²) in [4.78, 5) is 32.4. The van der Waals surface area contributed by atoms with Gasteiger partial charge < -0.3 is 9.88 Å². The molecule has 0 aliphatic carbocycles. The number of benzene rings is 1. The molecule has 0 unspecified atom stereocenters. The lowest BCUT2D eigenvalue weighted by molar-refractivity contribution is -0.130. The molecule has 1 amide bonds. The smallest absolute Gasteiger partial charge is 0.254 e. The summed E-state index contributed by atoms with van der Waals surface area (Å²) in [5.74, 6) is 0.0778. The van der Waals surface area contributed by atoms with Gasteiger partial charge in [-0.15, -0.1) is 0 Å². The number of amides is 1. The van der Waals surface area contributed by atoms with Gasteiger partial charge in [0.2, 0.25) is 5.91 Å². The minimum absolute atomic E-state index is 0.146. The highest BCUT2D eigenvalue weighted by molar-refractivity contribution is 5.76. The zero-order valence-corrected chi connectivity index (χ0v) is 13.5. The van der Waals surface area contributed by atoms with Gasteiger partial charge >= 0.3 is 0 Å². The maximum Gasteiger partial charge on any atom is 0.254 e. The van der Waals surface area contributed by atoms with Gasteiger partial charge in [-0.1, -0.05) is 18.2 Å². The Morgan fingerprint density at radius 2 is 2.00 bits per heavy atom. The third-order valence-corrected chi connectivity index (χ3v) is 3.72. The monoisotopic (exact) mass is 317 g/mol. The quantitative estimate of drug-likeness (QED) is 0.918. The number of aryl methyl sites for hydroxylation is 2. The predicted octanol–water partition coefficient (Wildman–Crippen LogP) is 2.12. The molecule has 0 aliphatic heterocycles. The molecule has 1 heterocycles. The molecule has 1 N–H and O–H groups in total. The van der Waals surface area contributed by atoms with Gasteiger partial charge in [0.25, 0.3) is 5.56 Å². The molecule has 0 aliphatic rings. The first kappa shape index (κ1) is 16.9. The lowest BCUT2D eigenvalue weighted by atomic mass is 10.1. The van der Waals surface area contributed by atoms with E-state index in [0.29, 0.717) is 29.1 Å². The highest BCUT2D eigenvalue weighted by Crippen LogP contribution is 2.10. The van der Waals surface area contributed by atoms with Gasteiger partial charge in [-0.2, -0.15) is 0 Å². The minimum atomic E-state index is -0.331. The average molecular weight is 317 g/mol. The first-order valence-electron chi connectivity index (χ1n) is 7.42. The SMILES string of the molecule is Cc1nc(C)c(CCC(=O)N(C)Cc2ccccc2F)c(=O)[nH]1. The van der Waals surface area contributed by atoms with Crippen molar-refractivity contribution in [3.63, 3.8) is 0 Å². The number of hydrogen-bond donors (Lipinski definition) is 1. The van der Waals surface area contributed by atoms with Crippen molar-refractivity contribution in [3.05, 3.63) is 63.1 Å². The van der Waals surface area contributed by atoms with Crippen LogP contribution in [0.15, 0.2) is 29.1 Å². The summed E-state index contributed by atoms with van der Waals surface area (Å²) >= 11 is 0. The molecule has 5 nitrogen and oxygen atoms in total. The van der Waals surface area contributed by atoms with E-state index in [1.807, 2.05) is 0 Å². The molecule has 0 radical (unpaired) electrons. The van der Waals surface area contributed by atoms with E-state index in [0.717, 1.165) is 0 Å². The number of aromatic nitrogens is 2. The summed E-state index contributed by atoms with van der Waals surface area (Å²) in [5, 5.41) is 0. The van der Waals surface area contributed by atoms with Crippen LogP contribution >= 0.6 is 0 Å². The largest absolute Gasteiger partial charge is 0.341 e. The molecule has 23 heavy (non-hydrogen) atoms. The molecule has 6 heteroatoms. The number of H-pyrrole nitrogens is 1. The number of halogens is 1. The van der Waals surface area contributed by atoms with E-state index in [1.54, 1.807) is 39.1 Å². The van der Waals surface area contributed by atoms with Crippen LogP contribution in [0.1, 0.15) is 29.1 Å². The van der Waals surface area contributed by atoms with Crippen LogP contribution in [0.25, 0.3) is 0 Å². The van der Waals surface area contributed by atoms with Crippen LogP contribution in [0.3, 0.4) is 0 Å². The summed E-state index contributed by atoms with van der Waals surface area (Å²) in [7, 11) is 1.62. The van der Waals surface area contributed by atoms with Crippen molar-refractivity contribution in [1.82, 2.24) is 14.9 Å². The Hall–Kier alpha value is -2.50. The fraction of sp³-hybridized carbons (Fsp3) is 0.353. The molecule has 0 spiro atoms. The van der Waals surface area contributed by atoms with Gasteiger partial charge in [0.05, 0.1) is 0 Å². The molecule has 0 fully saturated rings. The van der Waals surface area contributed by atoms with Gasteiger partial charge in [-0.05, 0) is 26.3 Å². The molecule has 0 saturated carbocycles. The summed E-state index contributed by atoms with van der Waals surface area (Å²) in [5.41, 5.74) is 1.41. The van der Waals surface area contributed by atoms with Gasteiger partial charge in [0.1, 0.15) is 11.6 Å². The van der Waals surface area contributed by atoms with E-state index in [-0.39, 0.29) is 30.2 Å². The van der Waals surface area contributed by atoms with Gasteiger partial charge in [0.15, 0.2) is 0 Å². The van der Waals surface area contributed by atoms with Crippen molar-refractivity contribution in [2.75, 3.05) is 7.05 Å². The Labute approximate surface area is 134 Å². The van der Waals surface area contributed by atoms with Gasteiger partial charge in [-0.3, -0.25) is 9.59 Å². The molecule has 0 saturated heterocycles. The highest BCUT2D eigenvalue weighted by atomic mass is 19.1. The summed E-state index contributed by atoms with van der Waals surface area (Å²) in [6.07, 6.45) is 0.495. The van der Waals surface area contributed by atoms with Crippen LogP contribution in [0.4, 0.5) is 4.39 Å². The van der Waals surface area contributed by atoms with Crippen molar-refractivity contribution in [2.24, 2.45) is 0 Å².